The van der Waals surface area contributed by atoms with Crippen LogP contribution < -0.4 is 5.32 Å². The topological polar surface area (TPSA) is 52.0 Å². The second-order valence-electron chi connectivity index (χ2n) is 5.87. The molecule has 2 aromatic rings. The summed E-state index contributed by atoms with van der Waals surface area (Å²) in [5, 5.41) is 7.75. The van der Waals surface area contributed by atoms with Crippen molar-refractivity contribution in [3.05, 3.63) is 36.9 Å². The molecular formula is C16H22N4O. The Bertz CT molecular complexity index is 566. The second kappa shape index (κ2) is 5.85. The monoisotopic (exact) mass is 286 g/mol. The number of hydrogen-bond acceptors (Lipinski definition) is 4. The molecule has 1 aromatic heterocycles. The fraction of sp³-hybridized carbons (Fsp3) is 0.500. The summed E-state index contributed by atoms with van der Waals surface area (Å²) in [6, 6.07) is 8.76. The summed E-state index contributed by atoms with van der Waals surface area (Å²) in [4.78, 5) is 3.96. The van der Waals surface area contributed by atoms with Gasteiger partial charge in [0.1, 0.15) is 12.7 Å². The standard InChI is InChI=1S/C16H22N4O/c1-3-16(2)10-14(8-9-21-16)19-13-4-6-15(7-5-13)20-12-17-11-18-20/h4-7,11-12,14,19H,3,8-10H2,1-2H3. The van der Waals surface area contributed by atoms with Gasteiger partial charge in [0.05, 0.1) is 11.3 Å². The lowest BCUT2D eigenvalue weighted by atomic mass is 9.90. The molecule has 0 radical (unpaired) electrons. The van der Waals surface area contributed by atoms with E-state index >= 15 is 0 Å². The SMILES string of the molecule is CCC1(C)CC(Nc2ccc(-n3cncn3)cc2)CCO1. The minimum atomic E-state index is 0.0105. The molecular weight excluding hydrogens is 264 g/mol. The largest absolute Gasteiger partial charge is 0.382 e. The first-order valence-electron chi connectivity index (χ1n) is 7.54. The molecule has 0 bridgehead atoms. The van der Waals surface area contributed by atoms with Gasteiger partial charge in [0, 0.05) is 18.3 Å². The Labute approximate surface area is 125 Å². The van der Waals surface area contributed by atoms with Gasteiger partial charge < -0.3 is 10.1 Å². The summed E-state index contributed by atoms with van der Waals surface area (Å²) in [5.74, 6) is 0. The van der Waals surface area contributed by atoms with E-state index in [1.54, 1.807) is 17.3 Å². The number of ether oxygens (including phenoxy) is 1. The molecule has 3 rings (SSSR count). The van der Waals surface area contributed by atoms with Gasteiger partial charge in [-0.2, -0.15) is 5.10 Å². The molecule has 1 aliphatic heterocycles. The van der Waals surface area contributed by atoms with E-state index < -0.39 is 0 Å². The van der Waals surface area contributed by atoms with Crippen LogP contribution in [0.25, 0.3) is 5.69 Å². The van der Waals surface area contributed by atoms with Gasteiger partial charge in [-0.05, 0) is 50.5 Å². The molecule has 1 aromatic carbocycles. The minimum absolute atomic E-state index is 0.0105. The maximum Gasteiger partial charge on any atom is 0.138 e. The number of nitrogens with one attached hydrogen (secondary N) is 1. The third kappa shape index (κ3) is 3.24. The van der Waals surface area contributed by atoms with Gasteiger partial charge in [-0.15, -0.1) is 0 Å². The third-order valence-corrected chi connectivity index (χ3v) is 4.26. The average molecular weight is 286 g/mol. The highest BCUT2D eigenvalue weighted by atomic mass is 16.5. The van der Waals surface area contributed by atoms with Crippen molar-refractivity contribution in [1.29, 1.82) is 0 Å². The van der Waals surface area contributed by atoms with Crippen molar-refractivity contribution in [3.8, 4) is 5.69 Å². The smallest absolute Gasteiger partial charge is 0.138 e. The summed E-state index contributed by atoms with van der Waals surface area (Å²) >= 11 is 0. The zero-order valence-corrected chi connectivity index (χ0v) is 12.6. The predicted molar refractivity (Wildman–Crippen MR) is 82.7 cm³/mol. The van der Waals surface area contributed by atoms with Gasteiger partial charge in [0.2, 0.25) is 0 Å². The zero-order chi connectivity index (χ0) is 14.7. The first kappa shape index (κ1) is 14.1. The molecule has 1 aliphatic rings. The van der Waals surface area contributed by atoms with Gasteiger partial charge in [-0.25, -0.2) is 9.67 Å². The van der Waals surface area contributed by atoms with E-state index in [0.29, 0.717) is 6.04 Å². The van der Waals surface area contributed by atoms with E-state index in [1.807, 2.05) is 0 Å². The molecule has 112 valence electrons. The number of anilines is 1. The van der Waals surface area contributed by atoms with Crippen molar-refractivity contribution in [2.75, 3.05) is 11.9 Å². The van der Waals surface area contributed by atoms with E-state index in [4.69, 9.17) is 4.74 Å². The Morgan fingerprint density at radius 3 is 2.86 bits per heavy atom. The van der Waals surface area contributed by atoms with Crippen LogP contribution in [0.5, 0.6) is 0 Å². The van der Waals surface area contributed by atoms with Crippen LogP contribution >= 0.6 is 0 Å². The molecule has 0 saturated carbocycles. The Hall–Kier alpha value is -1.88. The molecule has 1 saturated heterocycles. The van der Waals surface area contributed by atoms with Crippen LogP contribution in [0, 0.1) is 0 Å². The van der Waals surface area contributed by atoms with Crippen molar-refractivity contribution < 1.29 is 4.74 Å². The van der Waals surface area contributed by atoms with Crippen LogP contribution in [-0.4, -0.2) is 33.0 Å². The number of hydrogen-bond donors (Lipinski definition) is 1. The summed E-state index contributed by atoms with van der Waals surface area (Å²) in [6.07, 6.45) is 6.40. The van der Waals surface area contributed by atoms with Gasteiger partial charge in [0.25, 0.3) is 0 Å². The lowest BCUT2D eigenvalue weighted by Gasteiger charge is -2.38. The highest BCUT2D eigenvalue weighted by Gasteiger charge is 2.31. The van der Waals surface area contributed by atoms with Crippen LogP contribution in [0.1, 0.15) is 33.1 Å². The van der Waals surface area contributed by atoms with Gasteiger partial charge >= 0.3 is 0 Å². The van der Waals surface area contributed by atoms with Crippen LogP contribution in [0.4, 0.5) is 5.69 Å². The molecule has 2 unspecified atom stereocenters. The van der Waals surface area contributed by atoms with Crippen LogP contribution in [0.15, 0.2) is 36.9 Å². The molecule has 0 amide bonds. The second-order valence-corrected chi connectivity index (χ2v) is 5.87. The van der Waals surface area contributed by atoms with Crippen molar-refractivity contribution in [2.45, 2.75) is 44.8 Å². The van der Waals surface area contributed by atoms with Crippen molar-refractivity contribution in [2.24, 2.45) is 0 Å². The normalized spacial score (nSPS) is 25.7. The number of nitrogens with zero attached hydrogens (tertiary/aromatic N) is 3. The molecule has 21 heavy (non-hydrogen) atoms. The summed E-state index contributed by atoms with van der Waals surface area (Å²) in [6.45, 7) is 5.23. The summed E-state index contributed by atoms with van der Waals surface area (Å²) in [5.41, 5.74) is 2.17. The molecule has 1 fully saturated rings. The first-order valence-corrected chi connectivity index (χ1v) is 7.54. The Morgan fingerprint density at radius 1 is 1.38 bits per heavy atom. The third-order valence-electron chi connectivity index (χ3n) is 4.26. The highest BCUT2D eigenvalue weighted by Crippen LogP contribution is 2.29. The fourth-order valence-corrected chi connectivity index (χ4v) is 2.79. The Morgan fingerprint density at radius 2 is 2.19 bits per heavy atom. The number of aromatic nitrogens is 3. The molecule has 0 spiro atoms. The maximum atomic E-state index is 5.89. The van der Waals surface area contributed by atoms with Crippen molar-refractivity contribution >= 4 is 5.69 Å². The lowest BCUT2D eigenvalue weighted by molar-refractivity contribution is -0.0708. The van der Waals surface area contributed by atoms with Gasteiger partial charge in [-0.1, -0.05) is 6.92 Å². The van der Waals surface area contributed by atoms with Crippen molar-refractivity contribution in [3.63, 3.8) is 0 Å². The maximum absolute atomic E-state index is 5.89. The van der Waals surface area contributed by atoms with E-state index in [1.165, 1.54) is 0 Å². The molecule has 0 aliphatic carbocycles. The van der Waals surface area contributed by atoms with Crippen LogP contribution in [0.3, 0.4) is 0 Å². The average Bonchev–Trinajstić information content (AvgIpc) is 3.02. The van der Waals surface area contributed by atoms with Gasteiger partial charge in [0.15, 0.2) is 0 Å². The Kier molecular flexibility index (Phi) is 3.92. The van der Waals surface area contributed by atoms with E-state index in [2.05, 4.69) is 53.5 Å². The van der Waals surface area contributed by atoms with Crippen LogP contribution in [0.2, 0.25) is 0 Å². The lowest BCUT2D eigenvalue weighted by Crippen LogP contribution is -2.41. The minimum Gasteiger partial charge on any atom is -0.382 e. The van der Waals surface area contributed by atoms with E-state index in [9.17, 15) is 0 Å². The van der Waals surface area contributed by atoms with Crippen LogP contribution in [-0.2, 0) is 4.74 Å². The van der Waals surface area contributed by atoms with E-state index in [-0.39, 0.29) is 5.60 Å². The van der Waals surface area contributed by atoms with Gasteiger partial charge in [-0.3, -0.25) is 0 Å². The zero-order valence-electron chi connectivity index (χ0n) is 12.6. The highest BCUT2D eigenvalue weighted by molar-refractivity contribution is 5.49. The Balaban J connectivity index is 1.65. The quantitative estimate of drug-likeness (QED) is 0.938. The first-order chi connectivity index (χ1) is 10.2. The number of benzene rings is 1. The predicted octanol–water partition coefficient (Wildman–Crippen LogP) is 3.03. The molecule has 5 nitrogen and oxygen atoms in total. The number of rotatable bonds is 4. The summed E-state index contributed by atoms with van der Waals surface area (Å²) < 4.78 is 7.65. The molecule has 2 heterocycles. The summed E-state index contributed by atoms with van der Waals surface area (Å²) in [7, 11) is 0. The molecule has 2 atom stereocenters. The van der Waals surface area contributed by atoms with Crippen molar-refractivity contribution in [1.82, 2.24) is 14.8 Å². The molecule has 5 heteroatoms. The molecule has 1 N–H and O–H groups in total. The fourth-order valence-electron chi connectivity index (χ4n) is 2.79. The van der Waals surface area contributed by atoms with E-state index in [0.717, 1.165) is 37.2 Å².